The van der Waals surface area contributed by atoms with Crippen molar-refractivity contribution in [1.29, 1.82) is 0 Å². The molecule has 0 fully saturated rings. The Balaban J connectivity index is 0.00000542. The van der Waals surface area contributed by atoms with E-state index in [-0.39, 0.29) is 21.1 Å². The summed E-state index contributed by atoms with van der Waals surface area (Å²) in [5.41, 5.74) is 18.9. The first-order valence-electron chi connectivity index (χ1n) is 27.4. The molecule has 378 valence electrons. The summed E-state index contributed by atoms with van der Waals surface area (Å²) in [5.74, 6) is 0. The van der Waals surface area contributed by atoms with E-state index < -0.39 is 0 Å². The number of benzene rings is 12. The van der Waals surface area contributed by atoms with Crippen molar-refractivity contribution >= 4 is 86.7 Å². The fraction of sp³-hybridized carbons (Fsp3) is 0. The van der Waals surface area contributed by atoms with E-state index in [0.29, 0.717) is 0 Å². The zero-order valence-corrected chi connectivity index (χ0v) is 45.8. The molecule has 17 rings (SSSR count). The van der Waals surface area contributed by atoms with Crippen molar-refractivity contribution < 1.29 is 21.1 Å². The molecule has 14 aromatic rings. The number of nitrogens with zero attached hydrogens (tertiary/aromatic N) is 4. The zero-order chi connectivity index (χ0) is 52.4. The first kappa shape index (κ1) is 47.0. The number of aromatic nitrogens is 4. The third kappa shape index (κ3) is 7.34. The Kier molecular flexibility index (Phi) is 10.8. The van der Waals surface area contributed by atoms with Gasteiger partial charge < -0.3 is 9.97 Å². The summed E-state index contributed by atoms with van der Waals surface area (Å²) in [6, 6.07) is 96.7. The largest absolute Gasteiger partial charge is 2.00 e. The van der Waals surface area contributed by atoms with Crippen LogP contribution in [0.1, 0.15) is 0 Å². The second-order valence-corrected chi connectivity index (χ2v) is 21.2. The van der Waals surface area contributed by atoms with Gasteiger partial charge in [0.2, 0.25) is 0 Å². The predicted molar refractivity (Wildman–Crippen MR) is 335 cm³/mol. The minimum absolute atomic E-state index is 0. The standard InChI is InChI=1S/C76H44N4.Pt/c1-5-21-45(22-6-1)65-69-57-37-49-29-13-15-31-51(49)39-59(57)71(77-69)66(46-23-7-2-8-24-46)73-61-41-53-33-17-19-35-55(53)43-63(61)75(79-73)68(48-27-11-4-12-28-48)76-64-44-56-36-20-18-34-54(56)42-62(64)74(80-76)67(47-25-9-3-10-26-47)72-60-40-52-32-16-14-30-50(52)38-58(60)70(65)78-72;/h1-44H;/q-2;+2. The molecule has 0 radical (unpaired) electrons. The molecule has 1 aliphatic carbocycles. The van der Waals surface area contributed by atoms with Gasteiger partial charge in [-0.2, -0.15) is 0 Å². The Morgan fingerprint density at radius 1 is 0.210 bits per heavy atom. The van der Waals surface area contributed by atoms with Crippen LogP contribution in [0.5, 0.6) is 0 Å². The molecule has 12 aromatic carbocycles. The molecule has 81 heavy (non-hydrogen) atoms. The summed E-state index contributed by atoms with van der Waals surface area (Å²) in [4.78, 5) is 24.5. The van der Waals surface area contributed by atoms with Crippen molar-refractivity contribution in [2.75, 3.05) is 0 Å². The molecule has 0 N–H and O–H groups in total. The smallest absolute Gasteiger partial charge is 0.656 e. The van der Waals surface area contributed by atoms with Crippen LogP contribution in [0, 0.1) is 0 Å². The van der Waals surface area contributed by atoms with Crippen LogP contribution in [-0.2, 0) is 21.1 Å². The van der Waals surface area contributed by atoms with Gasteiger partial charge in [-0.15, -0.1) is 22.1 Å². The summed E-state index contributed by atoms with van der Waals surface area (Å²) in [6.07, 6.45) is 0. The Labute approximate surface area is 481 Å². The maximum atomic E-state index is 6.12. The van der Waals surface area contributed by atoms with Crippen LogP contribution < -0.4 is 9.97 Å². The van der Waals surface area contributed by atoms with Crippen molar-refractivity contribution in [2.24, 2.45) is 0 Å². The summed E-state index contributed by atoms with van der Waals surface area (Å²) >= 11 is 0. The van der Waals surface area contributed by atoms with E-state index in [4.69, 9.17) is 19.9 Å². The molecule has 4 nitrogen and oxygen atoms in total. The minimum Gasteiger partial charge on any atom is -0.656 e. The predicted octanol–water partition coefficient (Wildman–Crippen LogP) is 19.8. The van der Waals surface area contributed by atoms with E-state index in [2.05, 4.69) is 267 Å². The van der Waals surface area contributed by atoms with E-state index >= 15 is 0 Å². The number of fused-ring (bicyclic) bond motifs is 4. The van der Waals surface area contributed by atoms with Crippen LogP contribution in [0.3, 0.4) is 0 Å². The van der Waals surface area contributed by atoms with Crippen LogP contribution in [0.25, 0.3) is 176 Å². The van der Waals surface area contributed by atoms with Crippen molar-refractivity contribution in [2.45, 2.75) is 0 Å². The average molecular weight is 1210 g/mol. The number of hydrogen-bond acceptors (Lipinski definition) is 2. The summed E-state index contributed by atoms with van der Waals surface area (Å²) in [7, 11) is 0. The van der Waals surface area contributed by atoms with Crippen molar-refractivity contribution in [3.63, 3.8) is 0 Å². The molecule has 0 saturated heterocycles. The quantitative estimate of drug-likeness (QED) is 0.176. The molecule has 0 unspecified atom stereocenters. The molecule has 8 bridgehead atoms. The second kappa shape index (κ2) is 18.6. The molecule has 2 aliphatic heterocycles. The average Bonchev–Trinajstić information content (AvgIpc) is 3.97. The van der Waals surface area contributed by atoms with Gasteiger partial charge in [-0.25, -0.2) is 9.97 Å². The van der Waals surface area contributed by atoms with E-state index in [0.717, 1.165) is 176 Å². The van der Waals surface area contributed by atoms with Gasteiger partial charge in [-0.05, 0) is 158 Å². The molecule has 0 amide bonds. The first-order chi connectivity index (χ1) is 39.7. The third-order valence-electron chi connectivity index (χ3n) is 16.6. The molecular weight excluding hydrogens is 1160 g/mol. The van der Waals surface area contributed by atoms with E-state index in [1.807, 2.05) is 0 Å². The molecule has 0 saturated carbocycles. The van der Waals surface area contributed by atoms with Crippen molar-refractivity contribution in [3.8, 4) is 89.5 Å². The Morgan fingerprint density at radius 3 is 0.605 bits per heavy atom. The van der Waals surface area contributed by atoms with Crippen LogP contribution in [0.15, 0.2) is 267 Å². The van der Waals surface area contributed by atoms with Crippen LogP contribution in [0.2, 0.25) is 0 Å². The van der Waals surface area contributed by atoms with Crippen molar-refractivity contribution in [1.82, 2.24) is 19.9 Å². The maximum Gasteiger partial charge on any atom is 2.00 e. The fourth-order valence-electron chi connectivity index (χ4n) is 12.9. The van der Waals surface area contributed by atoms with Crippen LogP contribution in [-0.4, -0.2) is 9.97 Å². The fourth-order valence-corrected chi connectivity index (χ4v) is 12.9. The van der Waals surface area contributed by atoms with Gasteiger partial charge >= 0.3 is 21.1 Å². The summed E-state index contributed by atoms with van der Waals surface area (Å²) < 4.78 is 0. The minimum atomic E-state index is 0. The molecule has 0 atom stereocenters. The van der Waals surface area contributed by atoms with Gasteiger partial charge in [0.1, 0.15) is 0 Å². The van der Waals surface area contributed by atoms with Gasteiger partial charge in [0.25, 0.3) is 0 Å². The van der Waals surface area contributed by atoms with Gasteiger partial charge in [0.05, 0.1) is 22.8 Å². The maximum absolute atomic E-state index is 6.12. The Morgan fingerprint density at radius 2 is 0.395 bits per heavy atom. The summed E-state index contributed by atoms with van der Waals surface area (Å²) in [5, 5.41) is 13.2. The van der Waals surface area contributed by atoms with Gasteiger partial charge in [-0.1, -0.05) is 218 Å². The molecular formula is C76H44N4Pt. The molecule has 2 aromatic heterocycles. The van der Waals surface area contributed by atoms with E-state index in [1.165, 1.54) is 0 Å². The van der Waals surface area contributed by atoms with Gasteiger partial charge in [0, 0.05) is 22.3 Å². The molecule has 3 aliphatic rings. The topological polar surface area (TPSA) is 54.0 Å². The third-order valence-corrected chi connectivity index (χ3v) is 16.6. The van der Waals surface area contributed by atoms with Crippen LogP contribution >= 0.6 is 0 Å². The number of rotatable bonds is 4. The molecule has 0 spiro atoms. The van der Waals surface area contributed by atoms with Gasteiger partial charge in [-0.3, -0.25) is 0 Å². The Bertz CT molecular complexity index is 4630. The SMILES string of the molecule is [Pt+2].c1ccc(-c2c3nc(c(-c4ccccc4)c4[n-]c(c(-c5ccccc5)c5nc(c(-c6ccccc6)c6[n-]c2c2cc7ccccc7cc62)-c2cc6ccccc6cc2-5)c2cc5ccccc5cc42)-c2cc4ccccc4cc2-3)cc1. The molecule has 5 heteroatoms. The normalized spacial score (nSPS) is 11.9. The van der Waals surface area contributed by atoms with E-state index in [9.17, 15) is 0 Å². The molecule has 4 heterocycles. The Hall–Kier alpha value is -9.99. The first-order valence-corrected chi connectivity index (χ1v) is 27.4. The monoisotopic (exact) mass is 1210 g/mol. The number of hydrogen-bond donors (Lipinski definition) is 0. The van der Waals surface area contributed by atoms with Crippen molar-refractivity contribution in [3.05, 3.63) is 267 Å². The second-order valence-electron chi connectivity index (χ2n) is 21.2. The van der Waals surface area contributed by atoms with E-state index in [1.54, 1.807) is 0 Å². The summed E-state index contributed by atoms with van der Waals surface area (Å²) in [6.45, 7) is 0. The zero-order valence-electron chi connectivity index (χ0n) is 43.5. The van der Waals surface area contributed by atoms with Gasteiger partial charge in [0.15, 0.2) is 0 Å². The van der Waals surface area contributed by atoms with Crippen LogP contribution in [0.4, 0.5) is 0 Å².